The van der Waals surface area contributed by atoms with Gasteiger partial charge >= 0.3 is 0 Å². The Morgan fingerprint density at radius 3 is 1.49 bits per heavy atom. The highest BCUT2D eigenvalue weighted by atomic mass is 16.7. The van der Waals surface area contributed by atoms with Gasteiger partial charge in [-0.15, -0.1) is 0 Å². The number of ether oxygens (including phenoxy) is 4. The molecule has 14 heteroatoms. The Bertz CT molecular complexity index is 1240. The molecule has 0 aromatic carbocycles. The van der Waals surface area contributed by atoms with Crippen molar-refractivity contribution in [2.24, 2.45) is 0 Å². The highest BCUT2D eigenvalue weighted by molar-refractivity contribution is 5.76. The number of carbonyl (C=O) groups excluding carboxylic acids is 1. The van der Waals surface area contributed by atoms with Crippen LogP contribution in [0.1, 0.15) is 219 Å². The molecule has 0 aromatic rings. The van der Waals surface area contributed by atoms with Crippen LogP contribution in [0.25, 0.3) is 0 Å². The van der Waals surface area contributed by atoms with Crippen molar-refractivity contribution in [2.75, 3.05) is 19.8 Å². The Balaban J connectivity index is 1.80. The van der Waals surface area contributed by atoms with Crippen molar-refractivity contribution in [1.82, 2.24) is 5.32 Å². The summed E-state index contributed by atoms with van der Waals surface area (Å²) in [5.41, 5.74) is 0. The van der Waals surface area contributed by atoms with Crippen molar-refractivity contribution < 1.29 is 64.6 Å². The first-order chi connectivity index (χ1) is 33.1. The molecular formula is C54H101NO13. The number of aliphatic hydroxyl groups is 8. The molecule has 0 spiro atoms. The van der Waals surface area contributed by atoms with Gasteiger partial charge in [-0.1, -0.05) is 192 Å². The number of aliphatic hydroxyl groups excluding tert-OH is 8. The molecule has 14 nitrogen and oxygen atoms in total. The van der Waals surface area contributed by atoms with Gasteiger partial charge in [-0.2, -0.15) is 0 Å². The third kappa shape index (κ3) is 27.3. The summed E-state index contributed by atoms with van der Waals surface area (Å²) in [6.45, 7) is 2.84. The zero-order valence-corrected chi connectivity index (χ0v) is 42.6. The minimum atomic E-state index is -1.78. The minimum absolute atomic E-state index is 0.214. The maximum absolute atomic E-state index is 13.2. The fourth-order valence-corrected chi connectivity index (χ4v) is 9.15. The number of nitrogens with one attached hydrogen (secondary N) is 1. The van der Waals surface area contributed by atoms with E-state index in [1.807, 2.05) is 0 Å². The number of hydrogen-bond acceptors (Lipinski definition) is 13. The Kier molecular flexibility index (Phi) is 37.7. The van der Waals surface area contributed by atoms with Crippen molar-refractivity contribution in [1.29, 1.82) is 0 Å². The smallest absolute Gasteiger partial charge is 0.220 e. The maximum atomic E-state index is 13.2. The fourth-order valence-electron chi connectivity index (χ4n) is 9.15. The van der Waals surface area contributed by atoms with E-state index in [1.165, 1.54) is 128 Å². The Hall–Kier alpha value is -1.53. The molecule has 0 bridgehead atoms. The molecule has 0 aliphatic carbocycles. The molecule has 400 valence electrons. The number of unbranched alkanes of at least 4 members (excludes halogenated alkanes) is 26. The number of carbonyl (C=O) groups is 1. The van der Waals surface area contributed by atoms with Gasteiger partial charge < -0.3 is 65.1 Å². The van der Waals surface area contributed by atoms with Crippen molar-refractivity contribution >= 4 is 5.91 Å². The van der Waals surface area contributed by atoms with Gasteiger partial charge in [-0.05, 0) is 44.9 Å². The summed E-state index contributed by atoms with van der Waals surface area (Å²) in [7, 11) is 0. The number of hydrogen-bond donors (Lipinski definition) is 9. The maximum Gasteiger partial charge on any atom is 0.220 e. The van der Waals surface area contributed by atoms with Crippen LogP contribution >= 0.6 is 0 Å². The largest absolute Gasteiger partial charge is 0.394 e. The summed E-state index contributed by atoms with van der Waals surface area (Å²) in [6.07, 6.45) is 28.8. The molecule has 0 saturated carbocycles. The van der Waals surface area contributed by atoms with Gasteiger partial charge in [0.15, 0.2) is 12.6 Å². The third-order valence-electron chi connectivity index (χ3n) is 13.7. The summed E-state index contributed by atoms with van der Waals surface area (Å²) in [6, 6.07) is -0.830. The van der Waals surface area contributed by atoms with Crippen LogP contribution in [0.2, 0.25) is 0 Å². The molecule has 2 aliphatic heterocycles. The van der Waals surface area contributed by atoms with Crippen molar-refractivity contribution in [2.45, 2.75) is 293 Å². The second-order valence-corrected chi connectivity index (χ2v) is 19.7. The van der Waals surface area contributed by atoms with Crippen molar-refractivity contribution in [3.8, 4) is 0 Å². The zero-order chi connectivity index (χ0) is 49.6. The fraction of sp³-hybridized carbons (Fsp3) is 0.907. The molecule has 12 atom stereocenters. The van der Waals surface area contributed by atoms with Crippen LogP contribution < -0.4 is 5.32 Å². The van der Waals surface area contributed by atoms with Crippen LogP contribution in [-0.4, -0.2) is 140 Å². The van der Waals surface area contributed by atoms with Gasteiger partial charge in [0.1, 0.15) is 48.8 Å². The topological polar surface area (TPSA) is 228 Å². The van der Waals surface area contributed by atoms with E-state index >= 15 is 0 Å². The minimum Gasteiger partial charge on any atom is -0.394 e. The second-order valence-electron chi connectivity index (χ2n) is 19.7. The predicted octanol–water partition coefficient (Wildman–Crippen LogP) is 8.11. The molecule has 68 heavy (non-hydrogen) atoms. The number of amides is 1. The molecular weight excluding hydrogens is 871 g/mol. The van der Waals surface area contributed by atoms with Gasteiger partial charge in [0.25, 0.3) is 0 Å². The van der Waals surface area contributed by atoms with E-state index in [2.05, 4.69) is 43.5 Å². The first-order valence-corrected chi connectivity index (χ1v) is 27.6. The Labute approximate surface area is 411 Å². The molecule has 2 rings (SSSR count). The molecule has 2 heterocycles. The van der Waals surface area contributed by atoms with Crippen LogP contribution in [0.15, 0.2) is 24.3 Å². The monoisotopic (exact) mass is 972 g/mol. The highest BCUT2D eigenvalue weighted by Gasteiger charge is 2.51. The first kappa shape index (κ1) is 62.6. The van der Waals surface area contributed by atoms with Crippen molar-refractivity contribution in [3.63, 3.8) is 0 Å². The SMILES string of the molecule is CCCCCC/C=C\C/C=C\CCCCCCCCCC(=O)NC(COC1OC(CO)C(OC2OC(CO)C(O)C(O)C2O)C(O)C1O)C(O)CCCCCCCCCCCCCCCCCC. The third-order valence-corrected chi connectivity index (χ3v) is 13.7. The summed E-state index contributed by atoms with van der Waals surface area (Å²) in [5.74, 6) is -0.214. The van der Waals surface area contributed by atoms with Crippen LogP contribution in [0.4, 0.5) is 0 Å². The van der Waals surface area contributed by atoms with E-state index in [4.69, 9.17) is 18.9 Å². The van der Waals surface area contributed by atoms with Gasteiger partial charge in [0, 0.05) is 6.42 Å². The summed E-state index contributed by atoms with van der Waals surface area (Å²) < 4.78 is 22.8. The Morgan fingerprint density at radius 1 is 0.529 bits per heavy atom. The molecule has 2 saturated heterocycles. The molecule has 2 fully saturated rings. The highest BCUT2D eigenvalue weighted by Crippen LogP contribution is 2.30. The van der Waals surface area contributed by atoms with Crippen LogP contribution in [0, 0.1) is 0 Å². The molecule has 0 aromatic heterocycles. The summed E-state index contributed by atoms with van der Waals surface area (Å²) >= 11 is 0. The lowest BCUT2D eigenvalue weighted by molar-refractivity contribution is -0.359. The van der Waals surface area contributed by atoms with Crippen LogP contribution in [0.3, 0.4) is 0 Å². The predicted molar refractivity (Wildman–Crippen MR) is 268 cm³/mol. The van der Waals surface area contributed by atoms with Gasteiger partial charge in [-0.3, -0.25) is 4.79 Å². The summed E-state index contributed by atoms with van der Waals surface area (Å²) in [5, 5.41) is 87.1. The van der Waals surface area contributed by atoms with Crippen LogP contribution in [-0.2, 0) is 23.7 Å². The average Bonchev–Trinajstić information content (AvgIpc) is 3.34. The Morgan fingerprint density at radius 2 is 0.971 bits per heavy atom. The van der Waals surface area contributed by atoms with E-state index in [1.54, 1.807) is 0 Å². The standard InChI is InChI=1S/C54H101NO13/c1-3-5-7-9-11-13-15-17-19-21-22-24-26-28-30-32-34-36-38-46(59)55-42(43(58)37-35-33-31-29-27-25-23-20-18-16-14-12-10-8-6-4-2)41-65-53-51(64)49(62)52(45(40-57)67-53)68-54-50(63)48(61)47(60)44(39-56)66-54/h13,15,19,21,42-45,47-54,56-58,60-64H,3-12,14,16-18,20,22-41H2,1-2H3,(H,55,59)/b15-13-,21-19-. The molecule has 0 radical (unpaired) electrons. The summed E-state index contributed by atoms with van der Waals surface area (Å²) in [4.78, 5) is 13.2. The van der Waals surface area contributed by atoms with Gasteiger partial charge in [-0.25, -0.2) is 0 Å². The second kappa shape index (κ2) is 41.0. The normalized spacial score (nSPS) is 26.5. The van der Waals surface area contributed by atoms with E-state index in [0.29, 0.717) is 19.3 Å². The van der Waals surface area contributed by atoms with Gasteiger partial charge in [0.2, 0.25) is 5.91 Å². The molecule has 9 N–H and O–H groups in total. The average molecular weight is 972 g/mol. The number of rotatable bonds is 43. The zero-order valence-electron chi connectivity index (χ0n) is 42.6. The van der Waals surface area contributed by atoms with E-state index in [0.717, 1.165) is 57.8 Å². The molecule has 1 amide bonds. The van der Waals surface area contributed by atoms with Gasteiger partial charge in [0.05, 0.1) is 32.0 Å². The first-order valence-electron chi connectivity index (χ1n) is 27.6. The molecule has 12 unspecified atom stereocenters. The lowest BCUT2D eigenvalue weighted by Crippen LogP contribution is -2.65. The van der Waals surface area contributed by atoms with Crippen molar-refractivity contribution in [3.05, 3.63) is 24.3 Å². The van der Waals surface area contributed by atoms with E-state index in [9.17, 15) is 45.6 Å². The molecule has 2 aliphatic rings. The lowest BCUT2D eigenvalue weighted by atomic mass is 9.97. The van der Waals surface area contributed by atoms with Crippen LogP contribution in [0.5, 0.6) is 0 Å². The van der Waals surface area contributed by atoms with E-state index in [-0.39, 0.29) is 12.5 Å². The number of allylic oxidation sites excluding steroid dienone is 4. The lowest BCUT2D eigenvalue weighted by Gasteiger charge is -2.46. The quantitative estimate of drug-likeness (QED) is 0.0208. The van der Waals surface area contributed by atoms with E-state index < -0.39 is 86.8 Å².